The molecule has 0 aliphatic heterocycles. The van der Waals surface area contributed by atoms with E-state index in [1.165, 1.54) is 20.5 Å². The maximum atomic E-state index is 11.4. The molecule has 0 aliphatic carbocycles. The number of quaternary nitrogens is 1. The molecule has 18 heavy (non-hydrogen) atoms. The van der Waals surface area contributed by atoms with E-state index in [1.807, 2.05) is 7.05 Å². The van der Waals surface area contributed by atoms with Crippen molar-refractivity contribution in [2.75, 3.05) is 41.0 Å². The molecule has 0 spiro atoms. The van der Waals surface area contributed by atoms with Crippen LogP contribution < -0.4 is 17.3 Å². The minimum atomic E-state index is -0.895. The third-order valence-corrected chi connectivity index (χ3v) is 2.29. The molecule has 0 aromatic heterocycles. The molecule has 6 nitrogen and oxygen atoms in total. The van der Waals surface area contributed by atoms with Crippen molar-refractivity contribution in [3.05, 3.63) is 12.8 Å². The SMILES string of the molecule is C=COCC[NH+](C)CC(C(=O)OC)C(=O)OC.[Cl-]. The van der Waals surface area contributed by atoms with Crippen molar-refractivity contribution in [3.63, 3.8) is 0 Å². The smallest absolute Gasteiger partial charge is 0.325 e. The molecule has 1 atom stereocenters. The average Bonchev–Trinajstić information content (AvgIpc) is 2.34. The van der Waals surface area contributed by atoms with E-state index in [9.17, 15) is 9.59 Å². The summed E-state index contributed by atoms with van der Waals surface area (Å²) in [6.07, 6.45) is 1.35. The Bertz CT molecular complexity index is 256. The Kier molecular flexibility index (Phi) is 11.5. The first-order chi connectivity index (χ1) is 8.06. The standard InChI is InChI=1S/C11H19NO5.ClH/c1-5-17-7-6-12(2)8-9(10(13)15-3)11(14)16-4;/h5,9H,1,6-8H2,2-4H3;1H. The summed E-state index contributed by atoms with van der Waals surface area (Å²) >= 11 is 0. The van der Waals surface area contributed by atoms with Gasteiger partial charge >= 0.3 is 11.9 Å². The minimum absolute atomic E-state index is 0. The molecule has 0 saturated carbocycles. The highest BCUT2D eigenvalue weighted by atomic mass is 35.5. The fourth-order valence-electron chi connectivity index (χ4n) is 1.31. The Morgan fingerprint density at radius 2 is 1.78 bits per heavy atom. The first kappa shape index (κ1) is 19.1. The molecule has 0 saturated heterocycles. The van der Waals surface area contributed by atoms with Crippen LogP contribution in [0.2, 0.25) is 0 Å². The summed E-state index contributed by atoms with van der Waals surface area (Å²) in [6.45, 7) is 4.85. The highest BCUT2D eigenvalue weighted by molar-refractivity contribution is 5.94. The van der Waals surface area contributed by atoms with Gasteiger partial charge < -0.3 is 31.5 Å². The summed E-state index contributed by atoms with van der Waals surface area (Å²) < 4.78 is 14.1. The second-order valence-corrected chi connectivity index (χ2v) is 3.55. The number of ether oxygens (including phenoxy) is 3. The first-order valence-electron chi connectivity index (χ1n) is 5.26. The van der Waals surface area contributed by atoms with Gasteiger partial charge in [-0.1, -0.05) is 6.58 Å². The zero-order valence-electron chi connectivity index (χ0n) is 10.9. The first-order valence-corrected chi connectivity index (χ1v) is 5.26. The van der Waals surface area contributed by atoms with Gasteiger partial charge in [-0.3, -0.25) is 9.59 Å². The number of rotatable bonds is 8. The minimum Gasteiger partial charge on any atom is -1.00 e. The number of carbonyl (C=O) groups is 2. The number of carbonyl (C=O) groups excluding carboxylic acids is 2. The van der Waals surface area contributed by atoms with Crippen molar-refractivity contribution in [3.8, 4) is 0 Å². The van der Waals surface area contributed by atoms with E-state index >= 15 is 0 Å². The van der Waals surface area contributed by atoms with E-state index in [0.29, 0.717) is 19.7 Å². The van der Waals surface area contributed by atoms with Gasteiger partial charge in [-0.25, -0.2) is 0 Å². The molecule has 0 aromatic carbocycles. The zero-order valence-corrected chi connectivity index (χ0v) is 11.7. The van der Waals surface area contributed by atoms with E-state index < -0.39 is 17.9 Å². The predicted octanol–water partition coefficient (Wildman–Crippen LogP) is -4.37. The summed E-state index contributed by atoms with van der Waals surface area (Å²) in [7, 11) is 4.34. The van der Waals surface area contributed by atoms with E-state index in [1.54, 1.807) is 0 Å². The quantitative estimate of drug-likeness (QED) is 0.211. The number of methoxy groups -OCH3 is 2. The Hall–Kier alpha value is -1.27. The van der Waals surface area contributed by atoms with Crippen molar-refractivity contribution in [1.82, 2.24) is 0 Å². The van der Waals surface area contributed by atoms with E-state index in [2.05, 4.69) is 16.1 Å². The van der Waals surface area contributed by atoms with Gasteiger partial charge in [0.2, 0.25) is 5.92 Å². The molecule has 1 N–H and O–H groups in total. The summed E-state index contributed by atoms with van der Waals surface area (Å²) in [4.78, 5) is 23.8. The van der Waals surface area contributed by atoms with Crippen molar-refractivity contribution in [2.24, 2.45) is 5.92 Å². The van der Waals surface area contributed by atoms with Gasteiger partial charge in [0.15, 0.2) is 0 Å². The summed E-state index contributed by atoms with van der Waals surface area (Å²) in [5.41, 5.74) is 0. The van der Waals surface area contributed by atoms with Gasteiger partial charge in [0, 0.05) is 0 Å². The Morgan fingerprint density at radius 3 is 2.17 bits per heavy atom. The van der Waals surface area contributed by atoms with Crippen LogP contribution >= 0.6 is 0 Å². The van der Waals surface area contributed by atoms with Crippen LogP contribution in [0.25, 0.3) is 0 Å². The normalized spacial score (nSPS) is 11.1. The fraction of sp³-hybridized carbons (Fsp3) is 0.636. The van der Waals surface area contributed by atoms with Crippen LogP contribution in [0.5, 0.6) is 0 Å². The molecular weight excluding hydrogens is 262 g/mol. The molecule has 0 radical (unpaired) electrons. The maximum Gasteiger partial charge on any atom is 0.325 e. The highest BCUT2D eigenvalue weighted by Gasteiger charge is 2.32. The lowest BCUT2D eigenvalue weighted by atomic mass is 10.1. The number of hydrogen-bond acceptors (Lipinski definition) is 5. The molecule has 0 amide bonds. The molecule has 1 unspecified atom stereocenters. The number of esters is 2. The summed E-state index contributed by atoms with van der Waals surface area (Å²) in [5.74, 6) is -2.06. The van der Waals surface area contributed by atoms with Crippen LogP contribution in [0.4, 0.5) is 0 Å². The molecule has 0 rings (SSSR count). The van der Waals surface area contributed by atoms with Crippen LogP contribution in [-0.4, -0.2) is 52.9 Å². The fourth-order valence-corrected chi connectivity index (χ4v) is 1.31. The van der Waals surface area contributed by atoms with Gasteiger partial charge in [0.05, 0.1) is 27.5 Å². The van der Waals surface area contributed by atoms with E-state index in [4.69, 9.17) is 4.74 Å². The second-order valence-electron chi connectivity index (χ2n) is 3.55. The van der Waals surface area contributed by atoms with Crippen molar-refractivity contribution in [2.45, 2.75) is 0 Å². The lowest BCUT2D eigenvalue weighted by Gasteiger charge is -2.18. The topological polar surface area (TPSA) is 66.3 Å². The summed E-state index contributed by atoms with van der Waals surface area (Å²) in [6, 6.07) is 0. The molecular formula is C11H20ClNO5. The van der Waals surface area contributed by atoms with Gasteiger partial charge in [-0.05, 0) is 0 Å². The van der Waals surface area contributed by atoms with Crippen LogP contribution in [-0.2, 0) is 23.8 Å². The molecule has 0 aromatic rings. The van der Waals surface area contributed by atoms with Gasteiger partial charge in [0.1, 0.15) is 19.7 Å². The third-order valence-electron chi connectivity index (χ3n) is 2.29. The van der Waals surface area contributed by atoms with Crippen molar-refractivity contribution < 1.29 is 41.1 Å². The molecule has 0 fully saturated rings. The van der Waals surface area contributed by atoms with Crippen LogP contribution in [0.3, 0.4) is 0 Å². The molecule has 7 heteroatoms. The molecule has 0 aliphatic rings. The van der Waals surface area contributed by atoms with Crippen LogP contribution in [0.15, 0.2) is 12.8 Å². The van der Waals surface area contributed by atoms with Crippen LogP contribution in [0.1, 0.15) is 0 Å². The molecule has 0 heterocycles. The van der Waals surface area contributed by atoms with Gasteiger partial charge in [-0.2, -0.15) is 0 Å². The molecule has 0 bridgehead atoms. The number of likely N-dealkylation sites (N-methyl/N-ethyl adjacent to an activating group) is 1. The van der Waals surface area contributed by atoms with Crippen molar-refractivity contribution >= 4 is 11.9 Å². The lowest BCUT2D eigenvalue weighted by molar-refractivity contribution is -0.881. The van der Waals surface area contributed by atoms with Gasteiger partial charge in [-0.15, -0.1) is 0 Å². The van der Waals surface area contributed by atoms with Gasteiger partial charge in [0.25, 0.3) is 0 Å². The second kappa shape index (κ2) is 10.9. The predicted molar refractivity (Wildman–Crippen MR) is 60.3 cm³/mol. The third kappa shape index (κ3) is 7.13. The highest BCUT2D eigenvalue weighted by Crippen LogP contribution is 1.99. The Morgan fingerprint density at radius 1 is 1.28 bits per heavy atom. The molecule has 106 valence electrons. The number of halogens is 1. The van der Waals surface area contributed by atoms with E-state index in [0.717, 1.165) is 4.90 Å². The Balaban J connectivity index is 0. The van der Waals surface area contributed by atoms with E-state index in [-0.39, 0.29) is 12.4 Å². The van der Waals surface area contributed by atoms with Crippen LogP contribution in [0, 0.1) is 5.92 Å². The summed E-state index contributed by atoms with van der Waals surface area (Å²) in [5, 5.41) is 0. The largest absolute Gasteiger partial charge is 1.00 e. The monoisotopic (exact) mass is 281 g/mol. The number of nitrogens with one attached hydrogen (secondary N) is 1. The lowest BCUT2D eigenvalue weighted by Crippen LogP contribution is -3.10. The number of hydrogen-bond donors (Lipinski definition) is 1. The zero-order chi connectivity index (χ0) is 13.3. The Labute approximate surface area is 113 Å². The average molecular weight is 282 g/mol. The maximum absolute atomic E-state index is 11.4. The van der Waals surface area contributed by atoms with Crippen molar-refractivity contribution in [1.29, 1.82) is 0 Å².